The highest BCUT2D eigenvalue weighted by molar-refractivity contribution is 5.95. The lowest BCUT2D eigenvalue weighted by Crippen LogP contribution is -2.37. The van der Waals surface area contributed by atoms with E-state index < -0.39 is 23.7 Å². The van der Waals surface area contributed by atoms with Crippen LogP contribution in [0.5, 0.6) is 11.5 Å². The van der Waals surface area contributed by atoms with E-state index in [4.69, 9.17) is 5.11 Å². The zero-order valence-electron chi connectivity index (χ0n) is 17.5. The number of carbonyl (C=O) groups is 2. The minimum absolute atomic E-state index is 0.0149. The Labute approximate surface area is 183 Å². The van der Waals surface area contributed by atoms with Gasteiger partial charge in [-0.1, -0.05) is 19.9 Å². The number of phenols is 2. The van der Waals surface area contributed by atoms with E-state index in [2.05, 4.69) is 21.9 Å². The number of amides is 1. The van der Waals surface area contributed by atoms with Crippen LogP contribution in [0.3, 0.4) is 0 Å². The third kappa shape index (κ3) is 5.16. The van der Waals surface area contributed by atoms with Crippen molar-refractivity contribution in [3.8, 4) is 22.8 Å². The number of hydrogen-bond acceptors (Lipinski definition) is 5. The Morgan fingerprint density at radius 2 is 1.88 bits per heavy atom. The van der Waals surface area contributed by atoms with Crippen LogP contribution in [0.15, 0.2) is 53.7 Å². The normalized spacial score (nSPS) is 13.6. The summed E-state index contributed by atoms with van der Waals surface area (Å²) in [4.78, 5) is 24.1. The van der Waals surface area contributed by atoms with E-state index in [9.17, 15) is 24.2 Å². The Morgan fingerprint density at radius 3 is 2.44 bits per heavy atom. The zero-order valence-corrected chi connectivity index (χ0v) is 17.5. The topological polar surface area (TPSA) is 125 Å². The molecular formula is C23H22FN3O5. The highest BCUT2D eigenvalue weighted by Gasteiger charge is 2.24. The number of phenolic OH excluding ortho intramolecular Hbond substituents is 2. The van der Waals surface area contributed by atoms with Gasteiger partial charge in [0.1, 0.15) is 17.2 Å². The summed E-state index contributed by atoms with van der Waals surface area (Å²) in [5.74, 6) is -2.68. The monoisotopic (exact) mass is 439 g/mol. The summed E-state index contributed by atoms with van der Waals surface area (Å²) in [5, 5.41) is 36.7. The molecule has 1 atom stereocenters. The van der Waals surface area contributed by atoms with Gasteiger partial charge in [0.2, 0.25) is 0 Å². The molecule has 0 radical (unpaired) electrons. The molecule has 2 aromatic rings. The van der Waals surface area contributed by atoms with E-state index in [-0.39, 0.29) is 46.5 Å². The predicted octanol–water partition coefficient (Wildman–Crippen LogP) is 3.60. The maximum absolute atomic E-state index is 13.3. The van der Waals surface area contributed by atoms with Crippen molar-refractivity contribution in [1.29, 1.82) is 0 Å². The van der Waals surface area contributed by atoms with Gasteiger partial charge in [0.25, 0.3) is 5.91 Å². The van der Waals surface area contributed by atoms with Crippen molar-refractivity contribution in [2.24, 2.45) is 5.92 Å². The molecular weight excluding hydrogens is 417 g/mol. The number of hydrogen-bond donors (Lipinski definition) is 4. The fourth-order valence-corrected chi connectivity index (χ4v) is 3.36. The van der Waals surface area contributed by atoms with Crippen molar-refractivity contribution < 1.29 is 29.3 Å². The maximum Gasteiger partial charge on any atom is 0.305 e. The largest absolute Gasteiger partial charge is 0.507 e. The Hall–Kier alpha value is -4.06. The Balaban J connectivity index is 2.07. The third-order valence-corrected chi connectivity index (χ3v) is 4.66. The van der Waals surface area contributed by atoms with Crippen LogP contribution in [0.25, 0.3) is 17.0 Å². The van der Waals surface area contributed by atoms with Crippen molar-refractivity contribution in [1.82, 2.24) is 15.1 Å². The van der Waals surface area contributed by atoms with Crippen LogP contribution >= 0.6 is 0 Å². The van der Waals surface area contributed by atoms with E-state index >= 15 is 0 Å². The Kier molecular flexibility index (Phi) is 6.64. The number of nitrogens with one attached hydrogen (secondary N) is 1. The van der Waals surface area contributed by atoms with E-state index in [1.165, 1.54) is 35.0 Å². The molecule has 1 amide bonds. The van der Waals surface area contributed by atoms with Gasteiger partial charge in [0.15, 0.2) is 11.5 Å². The fourth-order valence-electron chi connectivity index (χ4n) is 3.36. The van der Waals surface area contributed by atoms with Gasteiger partial charge in [-0.2, -0.15) is 9.49 Å². The lowest BCUT2D eigenvalue weighted by atomic mass is 10.0. The molecule has 1 heterocycles. The molecule has 4 N–H and O–H groups in total. The lowest BCUT2D eigenvalue weighted by molar-refractivity contribution is -0.137. The smallest absolute Gasteiger partial charge is 0.305 e. The molecule has 1 aliphatic rings. The number of rotatable bonds is 8. The highest BCUT2D eigenvalue weighted by atomic mass is 19.1. The number of halogens is 1. The van der Waals surface area contributed by atoms with Crippen LogP contribution in [0.4, 0.5) is 4.39 Å². The summed E-state index contributed by atoms with van der Waals surface area (Å²) >= 11 is 0. The molecule has 32 heavy (non-hydrogen) atoms. The van der Waals surface area contributed by atoms with E-state index in [0.29, 0.717) is 6.42 Å². The molecule has 0 spiro atoms. The number of allylic oxidation sites excluding steroid dienone is 4. The SMILES string of the molecule is CC(C)C[C@@H](CC(=O)O)NC(=O)c1cc(-c2c(O)cccc2O)n(C2=C=C=C(F)C=C2)n1. The molecule has 3 rings (SSSR count). The molecule has 1 aromatic heterocycles. The quantitative estimate of drug-likeness (QED) is 0.466. The molecule has 1 aromatic carbocycles. The second-order valence-corrected chi connectivity index (χ2v) is 7.71. The van der Waals surface area contributed by atoms with E-state index in [1.54, 1.807) is 0 Å². The summed E-state index contributed by atoms with van der Waals surface area (Å²) in [6, 6.07) is 4.89. The minimum atomic E-state index is -1.04. The minimum Gasteiger partial charge on any atom is -0.507 e. The summed E-state index contributed by atoms with van der Waals surface area (Å²) < 4.78 is 14.5. The Bertz CT molecular complexity index is 1180. The summed E-state index contributed by atoms with van der Waals surface area (Å²) in [6.07, 6.45) is 2.69. The second kappa shape index (κ2) is 9.39. The fraction of sp³-hybridized carbons (Fsp3) is 0.261. The first-order valence-corrected chi connectivity index (χ1v) is 9.89. The molecule has 0 saturated heterocycles. The van der Waals surface area contributed by atoms with Crippen molar-refractivity contribution >= 4 is 17.6 Å². The number of carboxylic acids is 1. The summed E-state index contributed by atoms with van der Waals surface area (Å²) in [7, 11) is 0. The predicted molar refractivity (Wildman–Crippen MR) is 114 cm³/mol. The van der Waals surface area contributed by atoms with Crippen LogP contribution < -0.4 is 5.32 Å². The van der Waals surface area contributed by atoms with Gasteiger partial charge in [0.05, 0.1) is 17.7 Å². The first-order valence-electron chi connectivity index (χ1n) is 9.89. The van der Waals surface area contributed by atoms with E-state index in [0.717, 1.165) is 6.08 Å². The molecule has 0 aliphatic heterocycles. The van der Waals surface area contributed by atoms with Crippen molar-refractivity contribution in [2.75, 3.05) is 0 Å². The third-order valence-electron chi connectivity index (χ3n) is 4.66. The molecule has 0 saturated carbocycles. The van der Waals surface area contributed by atoms with Gasteiger partial charge in [0, 0.05) is 6.04 Å². The molecule has 9 heteroatoms. The summed E-state index contributed by atoms with van der Waals surface area (Å²) in [5.41, 5.74) is 5.15. The van der Waals surface area contributed by atoms with Crippen molar-refractivity contribution in [3.05, 3.63) is 59.4 Å². The zero-order chi connectivity index (χ0) is 23.4. The molecule has 1 aliphatic carbocycles. The number of aliphatic carboxylic acids is 1. The van der Waals surface area contributed by atoms with Crippen LogP contribution in [0, 0.1) is 5.92 Å². The Morgan fingerprint density at radius 1 is 1.19 bits per heavy atom. The lowest BCUT2D eigenvalue weighted by Gasteiger charge is -2.18. The van der Waals surface area contributed by atoms with Gasteiger partial charge in [-0.15, -0.1) is 0 Å². The number of aromatic nitrogens is 2. The maximum atomic E-state index is 13.3. The first kappa shape index (κ1) is 22.6. The van der Waals surface area contributed by atoms with E-state index in [1.807, 2.05) is 13.8 Å². The average molecular weight is 439 g/mol. The molecule has 0 bridgehead atoms. The second-order valence-electron chi connectivity index (χ2n) is 7.71. The van der Waals surface area contributed by atoms with Crippen LogP contribution in [0.1, 0.15) is 37.2 Å². The number of nitrogens with zero attached hydrogens (tertiary/aromatic N) is 2. The molecule has 166 valence electrons. The molecule has 0 fully saturated rings. The van der Waals surface area contributed by atoms with Crippen LogP contribution in [-0.4, -0.2) is 43.0 Å². The standard InChI is InChI=1S/C23H22FN3O5/c1-13(2)10-15(11-21(30)31)25-23(32)17-12-18(22-19(28)4-3-5-20(22)29)27(26-17)16-8-6-14(24)7-9-16/h3-6,8,12-13,15,28-29H,10-11H2,1-2H3,(H,25,32)(H,30,31)/t15-/m0/s1. The van der Waals surface area contributed by atoms with Crippen LogP contribution in [0.2, 0.25) is 0 Å². The highest BCUT2D eigenvalue weighted by Crippen LogP contribution is 2.38. The molecule has 0 unspecified atom stereocenters. The van der Waals surface area contributed by atoms with Gasteiger partial charge >= 0.3 is 5.97 Å². The molecule has 8 nitrogen and oxygen atoms in total. The summed E-state index contributed by atoms with van der Waals surface area (Å²) in [6.45, 7) is 3.82. The van der Waals surface area contributed by atoms with Gasteiger partial charge < -0.3 is 20.6 Å². The average Bonchev–Trinajstić information content (AvgIpc) is 3.12. The van der Waals surface area contributed by atoms with Gasteiger partial charge in [-0.3, -0.25) is 9.59 Å². The van der Waals surface area contributed by atoms with Crippen LogP contribution in [-0.2, 0) is 4.79 Å². The number of aromatic hydroxyl groups is 2. The number of carboxylic acid groups (broad SMARTS) is 1. The van der Waals surface area contributed by atoms with Crippen molar-refractivity contribution in [2.45, 2.75) is 32.7 Å². The van der Waals surface area contributed by atoms with Gasteiger partial charge in [-0.25, -0.2) is 4.68 Å². The number of carbonyl (C=O) groups excluding carboxylic acids is 1. The van der Waals surface area contributed by atoms with Gasteiger partial charge in [-0.05, 0) is 54.2 Å². The van der Waals surface area contributed by atoms with Crippen molar-refractivity contribution in [3.63, 3.8) is 0 Å². The first-order chi connectivity index (χ1) is 15.2. The number of benzene rings is 1.